The van der Waals surface area contributed by atoms with Crippen LogP contribution in [0.5, 0.6) is 0 Å². The van der Waals surface area contributed by atoms with Crippen molar-refractivity contribution >= 4 is 11.9 Å². The molecule has 496 valence electrons. The van der Waals surface area contributed by atoms with Crippen LogP contribution >= 0.6 is 0 Å². The highest BCUT2D eigenvalue weighted by atomic mass is 16.7. The zero-order valence-electron chi connectivity index (χ0n) is 55.1. The summed E-state index contributed by atoms with van der Waals surface area (Å²) < 4.78 is 16.7. The highest BCUT2D eigenvalue weighted by Crippen LogP contribution is 2.23. The first-order valence-electron chi connectivity index (χ1n) is 36.1. The highest BCUT2D eigenvalue weighted by Gasteiger charge is 2.44. The van der Waals surface area contributed by atoms with E-state index in [4.69, 9.17) is 14.2 Å². The number of hydrogen-bond donors (Lipinski definition) is 6. The van der Waals surface area contributed by atoms with E-state index in [1.54, 1.807) is 6.08 Å². The monoisotopic (exact) mass is 1200 g/mol. The molecule has 1 aliphatic rings. The van der Waals surface area contributed by atoms with Crippen LogP contribution < -0.4 is 5.32 Å². The third kappa shape index (κ3) is 51.9. The van der Waals surface area contributed by atoms with Gasteiger partial charge in [0.25, 0.3) is 0 Å². The average molecular weight is 1200 g/mol. The maximum atomic E-state index is 13.0. The number of amides is 1. The molecular weight excluding hydrogens is 1060 g/mol. The van der Waals surface area contributed by atoms with E-state index in [2.05, 4.69) is 67.8 Å². The zero-order chi connectivity index (χ0) is 61.6. The fourth-order valence-corrected chi connectivity index (χ4v) is 11.2. The van der Waals surface area contributed by atoms with Gasteiger partial charge in [0.2, 0.25) is 5.91 Å². The molecule has 1 saturated heterocycles. The first-order valence-corrected chi connectivity index (χ1v) is 36.1. The molecule has 7 unspecified atom stereocenters. The lowest BCUT2D eigenvalue weighted by Crippen LogP contribution is -2.60. The van der Waals surface area contributed by atoms with E-state index in [0.717, 1.165) is 70.6 Å². The van der Waals surface area contributed by atoms with Crippen LogP contribution in [0.25, 0.3) is 0 Å². The van der Waals surface area contributed by atoms with Crippen molar-refractivity contribution in [2.75, 3.05) is 19.8 Å². The number of aliphatic hydroxyl groups excluding tert-OH is 5. The number of esters is 1. The van der Waals surface area contributed by atoms with Gasteiger partial charge < -0.3 is 45.1 Å². The zero-order valence-corrected chi connectivity index (χ0v) is 55.1. The minimum atomic E-state index is -1.57. The summed E-state index contributed by atoms with van der Waals surface area (Å²) in [5.41, 5.74) is 0. The van der Waals surface area contributed by atoms with Gasteiger partial charge in [0.05, 0.1) is 32.0 Å². The van der Waals surface area contributed by atoms with Crippen molar-refractivity contribution in [3.8, 4) is 0 Å². The summed E-state index contributed by atoms with van der Waals surface area (Å²) >= 11 is 0. The minimum absolute atomic E-state index is 0.00879. The average Bonchev–Trinajstić information content (AvgIpc) is 3.30. The van der Waals surface area contributed by atoms with Gasteiger partial charge in [0, 0.05) is 12.8 Å². The Morgan fingerprint density at radius 1 is 0.435 bits per heavy atom. The predicted molar refractivity (Wildman–Crippen MR) is 357 cm³/mol. The molecule has 0 bridgehead atoms. The lowest BCUT2D eigenvalue weighted by atomic mass is 9.99. The van der Waals surface area contributed by atoms with Crippen LogP contribution in [-0.4, -0.2) is 100 Å². The normalized spacial score (nSPS) is 18.3. The molecule has 1 fully saturated rings. The molecule has 7 atom stereocenters. The highest BCUT2D eigenvalue weighted by molar-refractivity contribution is 5.76. The number of allylic oxidation sites excluding steroid dienone is 9. The molecule has 0 aromatic rings. The lowest BCUT2D eigenvalue weighted by Gasteiger charge is -2.40. The molecule has 0 saturated carbocycles. The van der Waals surface area contributed by atoms with Gasteiger partial charge in [-0.3, -0.25) is 9.59 Å². The molecule has 11 nitrogen and oxygen atoms in total. The summed E-state index contributed by atoms with van der Waals surface area (Å²) in [5.74, 6) is -0.189. The third-order valence-electron chi connectivity index (χ3n) is 16.8. The Hall–Kier alpha value is -2.64. The number of carbonyl (C=O) groups excluding carboxylic acids is 2. The number of ether oxygens (including phenoxy) is 3. The SMILES string of the molecule is CCC/C=C\C/C=C\CCCCCCCC(=O)OCCCCCCCCCCC/C=C\C/C=C\CCCCCCCCCCCCCCCCCCCC(=O)NC(COC1OC(CO)C(O)C(O)C1O)C(O)/C=C/CCCCCCCCCCC. The van der Waals surface area contributed by atoms with E-state index >= 15 is 0 Å². The number of hydrogen-bond acceptors (Lipinski definition) is 10. The number of carbonyl (C=O) groups is 2. The van der Waals surface area contributed by atoms with Crippen molar-refractivity contribution < 1.29 is 49.3 Å². The van der Waals surface area contributed by atoms with Crippen molar-refractivity contribution in [2.24, 2.45) is 0 Å². The van der Waals surface area contributed by atoms with Crippen LogP contribution in [0.15, 0.2) is 60.8 Å². The standard InChI is InChI=1S/C74H135NO10/c1-3-5-7-9-11-13-15-37-42-46-50-54-58-62-70(79)83-63-59-55-51-47-43-39-36-34-32-30-28-26-24-22-20-18-16-17-19-21-23-25-27-29-31-33-35-38-41-45-49-53-57-61-69(78)75-66(65-84-74-73(82)72(81)71(80)68(64-76)85-74)67(77)60-56-52-48-44-40-14-12-10-8-6-4-2/h7,9,13,15,20,22,26,28,56,60,66-68,71-74,76-77,80-82H,3-6,8,10-12,14,16-19,21,23-25,27,29-55,57-59,61-65H2,1-2H3,(H,75,78)/b9-7-,15-13-,22-20-,28-26-,60-56+. The second kappa shape index (κ2) is 62.9. The van der Waals surface area contributed by atoms with Gasteiger partial charge in [0.15, 0.2) is 6.29 Å². The molecule has 1 heterocycles. The molecule has 0 aromatic carbocycles. The predicted octanol–water partition coefficient (Wildman–Crippen LogP) is 18.5. The van der Waals surface area contributed by atoms with Gasteiger partial charge in [-0.2, -0.15) is 0 Å². The Morgan fingerprint density at radius 3 is 1.24 bits per heavy atom. The van der Waals surface area contributed by atoms with E-state index in [1.807, 2.05) is 6.08 Å². The van der Waals surface area contributed by atoms with Crippen molar-refractivity contribution in [1.82, 2.24) is 5.32 Å². The molecule has 6 N–H and O–H groups in total. The summed E-state index contributed by atoms with van der Waals surface area (Å²) in [4.78, 5) is 25.1. The van der Waals surface area contributed by atoms with Crippen LogP contribution in [0, 0.1) is 0 Å². The van der Waals surface area contributed by atoms with Crippen LogP contribution in [0.3, 0.4) is 0 Å². The molecule has 0 aliphatic carbocycles. The molecule has 1 rings (SSSR count). The van der Waals surface area contributed by atoms with Crippen molar-refractivity contribution in [1.29, 1.82) is 0 Å². The van der Waals surface area contributed by atoms with Gasteiger partial charge in [0.1, 0.15) is 24.4 Å². The minimum Gasteiger partial charge on any atom is -0.466 e. The second-order valence-corrected chi connectivity index (χ2v) is 24.9. The molecule has 1 amide bonds. The van der Waals surface area contributed by atoms with Crippen LogP contribution in [0.2, 0.25) is 0 Å². The summed E-state index contributed by atoms with van der Waals surface area (Å²) in [6.45, 7) is 4.28. The van der Waals surface area contributed by atoms with Crippen molar-refractivity contribution in [3.05, 3.63) is 60.8 Å². The summed E-state index contributed by atoms with van der Waals surface area (Å²) in [5, 5.41) is 54.4. The topological polar surface area (TPSA) is 175 Å². The van der Waals surface area contributed by atoms with Gasteiger partial charge in [-0.05, 0) is 89.9 Å². The van der Waals surface area contributed by atoms with Crippen LogP contribution in [0.1, 0.15) is 335 Å². The van der Waals surface area contributed by atoms with Crippen molar-refractivity contribution in [2.45, 2.75) is 378 Å². The van der Waals surface area contributed by atoms with E-state index in [0.29, 0.717) is 19.4 Å². The van der Waals surface area contributed by atoms with E-state index < -0.39 is 49.5 Å². The Kier molecular flexibility index (Phi) is 59.5. The largest absolute Gasteiger partial charge is 0.466 e. The van der Waals surface area contributed by atoms with Crippen LogP contribution in [0.4, 0.5) is 0 Å². The molecule has 0 aromatic heterocycles. The second-order valence-electron chi connectivity index (χ2n) is 24.9. The lowest BCUT2D eigenvalue weighted by molar-refractivity contribution is -0.302. The van der Waals surface area contributed by atoms with Gasteiger partial charge >= 0.3 is 5.97 Å². The Balaban J connectivity index is 1.94. The number of rotatable bonds is 63. The molecule has 1 aliphatic heterocycles. The van der Waals surface area contributed by atoms with Crippen LogP contribution in [-0.2, 0) is 23.8 Å². The number of nitrogens with one attached hydrogen (secondary N) is 1. The smallest absolute Gasteiger partial charge is 0.305 e. The molecule has 0 radical (unpaired) electrons. The Bertz CT molecular complexity index is 1600. The molecule has 85 heavy (non-hydrogen) atoms. The van der Waals surface area contributed by atoms with Gasteiger partial charge in [-0.1, -0.05) is 293 Å². The van der Waals surface area contributed by atoms with E-state index in [1.165, 1.54) is 238 Å². The van der Waals surface area contributed by atoms with Gasteiger partial charge in [-0.25, -0.2) is 0 Å². The first-order chi connectivity index (χ1) is 41.7. The Morgan fingerprint density at radius 2 is 0.812 bits per heavy atom. The number of unbranched alkanes of at least 4 members (excludes halogenated alkanes) is 41. The fraction of sp³-hybridized carbons (Fsp3) is 0.838. The van der Waals surface area contributed by atoms with Gasteiger partial charge in [-0.15, -0.1) is 0 Å². The molecule has 0 spiro atoms. The molecular formula is C74H135NO10. The maximum absolute atomic E-state index is 13.0. The fourth-order valence-electron chi connectivity index (χ4n) is 11.2. The van der Waals surface area contributed by atoms with E-state index in [-0.39, 0.29) is 18.5 Å². The number of aliphatic hydroxyl groups is 5. The third-order valence-corrected chi connectivity index (χ3v) is 16.8. The molecule has 11 heteroatoms. The van der Waals surface area contributed by atoms with E-state index in [9.17, 15) is 35.1 Å². The first kappa shape index (κ1) is 80.4. The maximum Gasteiger partial charge on any atom is 0.305 e. The quantitative estimate of drug-likeness (QED) is 0.0195. The summed E-state index contributed by atoms with van der Waals surface area (Å²) in [6, 6.07) is -0.809. The van der Waals surface area contributed by atoms with Crippen molar-refractivity contribution in [3.63, 3.8) is 0 Å². The summed E-state index contributed by atoms with van der Waals surface area (Å²) in [6.07, 6.45) is 73.6. The summed E-state index contributed by atoms with van der Waals surface area (Å²) in [7, 11) is 0. The Labute approximate surface area is 522 Å².